The van der Waals surface area contributed by atoms with Gasteiger partial charge in [-0.2, -0.15) is 0 Å². The minimum atomic E-state index is -0.927. The third kappa shape index (κ3) is 4.35. The summed E-state index contributed by atoms with van der Waals surface area (Å²) in [5.41, 5.74) is 2.95. The molecule has 0 aliphatic rings. The fourth-order valence-electron chi connectivity index (χ4n) is 2.14. The lowest BCUT2D eigenvalue weighted by atomic mass is 10.1. The molecule has 0 aliphatic carbocycles. The van der Waals surface area contributed by atoms with Gasteiger partial charge in [0.1, 0.15) is 11.3 Å². The Morgan fingerprint density at radius 3 is 2.25 bits per heavy atom. The maximum Gasteiger partial charge on any atom is 0.342 e. The molecule has 0 radical (unpaired) electrons. The minimum absolute atomic E-state index is 0.299. The quantitative estimate of drug-likeness (QED) is 0.854. The normalized spacial score (nSPS) is 11.5. The number of esters is 1. The number of methoxy groups -OCH3 is 1. The molecule has 2 aromatic rings. The molecule has 2 aromatic carbocycles. The Balaban J connectivity index is 2.04. The van der Waals surface area contributed by atoms with Crippen LogP contribution in [0.2, 0.25) is 0 Å². The smallest absolute Gasteiger partial charge is 0.342 e. The topological polar surface area (TPSA) is 64.6 Å². The number of hydrogen-bond donors (Lipinski definition) is 1. The van der Waals surface area contributed by atoms with E-state index in [4.69, 9.17) is 9.47 Å². The van der Waals surface area contributed by atoms with E-state index in [1.54, 1.807) is 24.3 Å². The van der Waals surface area contributed by atoms with Gasteiger partial charge in [0.25, 0.3) is 5.91 Å². The molecule has 0 unspecified atom stereocenters. The van der Waals surface area contributed by atoms with Crippen LogP contribution in [0.15, 0.2) is 42.5 Å². The molecule has 0 spiro atoms. The molecular formula is C19H21NO4. The Kier molecular flexibility index (Phi) is 5.58. The van der Waals surface area contributed by atoms with Gasteiger partial charge in [-0.25, -0.2) is 4.79 Å². The van der Waals surface area contributed by atoms with Gasteiger partial charge in [-0.15, -0.1) is 0 Å². The zero-order chi connectivity index (χ0) is 17.7. The monoisotopic (exact) mass is 327 g/mol. The summed E-state index contributed by atoms with van der Waals surface area (Å²) in [5, 5.41) is 2.72. The van der Waals surface area contributed by atoms with Crippen LogP contribution in [0.1, 0.15) is 28.4 Å². The number of amides is 1. The second-order valence-electron chi connectivity index (χ2n) is 5.61. The van der Waals surface area contributed by atoms with Crippen molar-refractivity contribution in [2.75, 3.05) is 12.4 Å². The van der Waals surface area contributed by atoms with Crippen LogP contribution in [0, 0.1) is 13.8 Å². The van der Waals surface area contributed by atoms with Crippen LogP contribution in [-0.2, 0) is 9.53 Å². The fraction of sp³-hybridized carbons (Fsp3) is 0.263. The summed E-state index contributed by atoms with van der Waals surface area (Å²) < 4.78 is 10.4. The number of benzene rings is 2. The molecule has 0 aliphatic heterocycles. The van der Waals surface area contributed by atoms with Gasteiger partial charge in [-0.1, -0.05) is 29.3 Å². The first kappa shape index (κ1) is 17.5. The number of nitrogens with one attached hydrogen (secondary N) is 1. The van der Waals surface area contributed by atoms with Gasteiger partial charge in [0, 0.05) is 5.69 Å². The number of rotatable bonds is 5. The Morgan fingerprint density at radius 1 is 1.00 bits per heavy atom. The van der Waals surface area contributed by atoms with Gasteiger partial charge in [0.05, 0.1) is 7.11 Å². The first-order valence-corrected chi connectivity index (χ1v) is 7.64. The third-order valence-electron chi connectivity index (χ3n) is 3.55. The molecule has 24 heavy (non-hydrogen) atoms. The molecule has 1 N–H and O–H groups in total. The summed E-state index contributed by atoms with van der Waals surface area (Å²) in [6.07, 6.45) is -0.927. The number of anilines is 1. The minimum Gasteiger partial charge on any atom is -0.496 e. The fourth-order valence-corrected chi connectivity index (χ4v) is 2.14. The second-order valence-corrected chi connectivity index (χ2v) is 5.61. The SMILES string of the molecule is COc1ccc(C)cc1C(=O)O[C@@H](C)C(=O)Nc1ccc(C)cc1. The van der Waals surface area contributed by atoms with E-state index in [0.717, 1.165) is 11.1 Å². The Hall–Kier alpha value is -2.82. The highest BCUT2D eigenvalue weighted by Gasteiger charge is 2.21. The van der Waals surface area contributed by atoms with Gasteiger partial charge in [0.2, 0.25) is 0 Å². The third-order valence-corrected chi connectivity index (χ3v) is 3.55. The lowest BCUT2D eigenvalue weighted by Gasteiger charge is -2.15. The van der Waals surface area contributed by atoms with E-state index in [0.29, 0.717) is 17.0 Å². The van der Waals surface area contributed by atoms with E-state index in [9.17, 15) is 9.59 Å². The summed E-state index contributed by atoms with van der Waals surface area (Å²) in [4.78, 5) is 24.5. The lowest BCUT2D eigenvalue weighted by molar-refractivity contribution is -0.123. The van der Waals surface area contributed by atoms with Crippen molar-refractivity contribution in [2.45, 2.75) is 26.9 Å². The number of hydrogen-bond acceptors (Lipinski definition) is 4. The summed E-state index contributed by atoms with van der Waals surface area (Å²) in [6.45, 7) is 5.36. The van der Waals surface area contributed by atoms with Crippen LogP contribution < -0.4 is 10.1 Å². The highest BCUT2D eigenvalue weighted by Crippen LogP contribution is 2.21. The van der Waals surface area contributed by atoms with Gasteiger partial charge in [0.15, 0.2) is 6.10 Å². The number of ether oxygens (including phenoxy) is 2. The number of aryl methyl sites for hydroxylation is 2. The van der Waals surface area contributed by atoms with Gasteiger partial charge in [-0.3, -0.25) is 4.79 Å². The Morgan fingerprint density at radius 2 is 1.62 bits per heavy atom. The molecule has 0 heterocycles. The molecule has 0 saturated carbocycles. The van der Waals surface area contributed by atoms with Crippen LogP contribution in [0.25, 0.3) is 0 Å². The predicted octanol–water partition coefficient (Wildman–Crippen LogP) is 3.50. The number of carbonyl (C=O) groups excluding carboxylic acids is 2. The first-order chi connectivity index (χ1) is 11.4. The standard InChI is InChI=1S/C19H21NO4/c1-12-5-8-15(9-6-12)20-18(21)14(3)24-19(22)16-11-13(2)7-10-17(16)23-4/h5-11,14H,1-4H3,(H,20,21)/t14-/m0/s1. The molecule has 1 atom stereocenters. The molecule has 5 nitrogen and oxygen atoms in total. The van der Waals surface area contributed by atoms with Crippen LogP contribution >= 0.6 is 0 Å². The molecule has 126 valence electrons. The Labute approximate surface area is 141 Å². The van der Waals surface area contributed by atoms with Gasteiger partial charge in [-0.05, 0) is 45.0 Å². The molecular weight excluding hydrogens is 306 g/mol. The molecule has 0 fully saturated rings. The maximum absolute atomic E-state index is 12.3. The van der Waals surface area contributed by atoms with Crippen molar-refractivity contribution in [2.24, 2.45) is 0 Å². The first-order valence-electron chi connectivity index (χ1n) is 7.64. The van der Waals surface area contributed by atoms with E-state index < -0.39 is 12.1 Å². The molecule has 0 aromatic heterocycles. The van der Waals surface area contributed by atoms with Gasteiger partial charge < -0.3 is 14.8 Å². The lowest BCUT2D eigenvalue weighted by Crippen LogP contribution is -2.30. The van der Waals surface area contributed by atoms with Crippen molar-refractivity contribution < 1.29 is 19.1 Å². The average molecular weight is 327 g/mol. The summed E-state index contributed by atoms with van der Waals surface area (Å²) >= 11 is 0. The largest absolute Gasteiger partial charge is 0.496 e. The average Bonchev–Trinajstić information content (AvgIpc) is 2.56. The summed E-state index contributed by atoms with van der Waals surface area (Å²) in [6, 6.07) is 12.6. The highest BCUT2D eigenvalue weighted by atomic mass is 16.5. The van der Waals surface area contributed by atoms with Gasteiger partial charge >= 0.3 is 5.97 Å². The van der Waals surface area contributed by atoms with Crippen molar-refractivity contribution in [1.29, 1.82) is 0 Å². The molecule has 1 amide bonds. The zero-order valence-electron chi connectivity index (χ0n) is 14.3. The summed E-state index contributed by atoms with van der Waals surface area (Å²) in [7, 11) is 1.48. The van der Waals surface area contributed by atoms with Crippen LogP contribution in [0.4, 0.5) is 5.69 Å². The predicted molar refractivity (Wildman–Crippen MR) is 92.4 cm³/mol. The van der Waals surface area contributed by atoms with Crippen molar-refractivity contribution in [3.8, 4) is 5.75 Å². The highest BCUT2D eigenvalue weighted by molar-refractivity contribution is 5.98. The van der Waals surface area contributed by atoms with E-state index in [2.05, 4.69) is 5.32 Å². The maximum atomic E-state index is 12.3. The summed E-state index contributed by atoms with van der Waals surface area (Å²) in [5.74, 6) is -0.572. The van der Waals surface area contributed by atoms with Crippen molar-refractivity contribution >= 4 is 17.6 Å². The van der Waals surface area contributed by atoms with Crippen LogP contribution in [0.5, 0.6) is 5.75 Å². The van der Waals surface area contributed by atoms with Crippen LogP contribution in [0.3, 0.4) is 0 Å². The Bertz CT molecular complexity index is 738. The number of carbonyl (C=O) groups is 2. The van der Waals surface area contributed by atoms with Crippen molar-refractivity contribution in [3.63, 3.8) is 0 Å². The zero-order valence-corrected chi connectivity index (χ0v) is 14.3. The van der Waals surface area contributed by atoms with E-state index in [1.807, 2.05) is 32.0 Å². The van der Waals surface area contributed by atoms with Crippen LogP contribution in [-0.4, -0.2) is 25.1 Å². The van der Waals surface area contributed by atoms with Crippen molar-refractivity contribution in [3.05, 3.63) is 59.2 Å². The molecule has 5 heteroatoms. The molecule has 2 rings (SSSR count). The second kappa shape index (κ2) is 7.64. The molecule has 0 bridgehead atoms. The van der Waals surface area contributed by atoms with Crippen molar-refractivity contribution in [1.82, 2.24) is 0 Å². The molecule has 0 saturated heterocycles. The van der Waals surface area contributed by atoms with E-state index in [-0.39, 0.29) is 5.91 Å². The van der Waals surface area contributed by atoms with E-state index >= 15 is 0 Å². The van der Waals surface area contributed by atoms with E-state index in [1.165, 1.54) is 14.0 Å².